The van der Waals surface area contributed by atoms with Crippen LogP contribution in [-0.2, 0) is 22.6 Å². The van der Waals surface area contributed by atoms with Gasteiger partial charge in [0.1, 0.15) is 17.9 Å². The van der Waals surface area contributed by atoms with Gasteiger partial charge in [0.05, 0.1) is 21.8 Å². The number of anilines is 1. The van der Waals surface area contributed by atoms with Gasteiger partial charge < -0.3 is 4.74 Å². The Balaban J connectivity index is 1.69. The van der Waals surface area contributed by atoms with Crippen LogP contribution in [0.5, 0.6) is 5.75 Å². The van der Waals surface area contributed by atoms with Crippen molar-refractivity contribution in [2.45, 2.75) is 26.9 Å². The van der Waals surface area contributed by atoms with E-state index in [2.05, 4.69) is 33.9 Å². The Labute approximate surface area is 229 Å². The van der Waals surface area contributed by atoms with E-state index in [9.17, 15) is 19.6 Å². The van der Waals surface area contributed by atoms with E-state index in [4.69, 9.17) is 4.74 Å². The predicted octanol–water partition coefficient (Wildman–Crippen LogP) is 5.91. The second kappa shape index (κ2) is 11.3. The quantitative estimate of drug-likeness (QED) is 0.216. The number of hydrogen-bond acceptors (Lipinski definition) is 5. The number of ether oxygens (including phenoxy) is 1. The molecule has 1 N–H and O–H groups in total. The van der Waals surface area contributed by atoms with E-state index in [1.807, 2.05) is 32.0 Å². The van der Waals surface area contributed by atoms with E-state index >= 15 is 0 Å². The van der Waals surface area contributed by atoms with Crippen molar-refractivity contribution >= 4 is 45.5 Å². The molecule has 0 radical (unpaired) electrons. The number of carbonyl (C=O) groups excluding carboxylic acids is 3. The number of amides is 4. The molecule has 1 aliphatic rings. The van der Waals surface area contributed by atoms with Gasteiger partial charge in [0.25, 0.3) is 11.8 Å². The molecule has 7 nitrogen and oxygen atoms in total. The number of imide groups is 2. The van der Waals surface area contributed by atoms with Crippen LogP contribution in [0.3, 0.4) is 0 Å². The van der Waals surface area contributed by atoms with Crippen molar-refractivity contribution in [2.75, 3.05) is 4.90 Å². The fourth-order valence-corrected chi connectivity index (χ4v) is 4.90. The maximum atomic E-state index is 13.4. The molecule has 8 heteroatoms. The molecule has 4 rings (SSSR count). The zero-order valence-electron chi connectivity index (χ0n) is 20.9. The van der Waals surface area contributed by atoms with Crippen LogP contribution in [0.25, 0.3) is 6.08 Å². The second-order valence-corrected chi connectivity index (χ2v) is 9.70. The van der Waals surface area contributed by atoms with Crippen LogP contribution in [0.15, 0.2) is 77.3 Å². The first-order valence-electron chi connectivity index (χ1n) is 11.8. The Morgan fingerprint density at radius 1 is 1.05 bits per heavy atom. The lowest BCUT2D eigenvalue weighted by atomic mass is 10.0. The Morgan fingerprint density at radius 3 is 2.45 bits per heavy atom. The number of urea groups is 1. The standard InChI is InChI=1S/C30H24BrN3O4/c1-4-7-21-13-20(15-26(31)27(21)38-17-23-9-6-5-8-22(23)16-32)14-25-28(35)33-30(37)34(29(25)36)24-11-18(2)10-19(3)12-24/h4-6,8-15H,1,7,17H2,2-3H3,(H,33,35,37)/b25-14+. The lowest BCUT2D eigenvalue weighted by Gasteiger charge is -2.27. The highest BCUT2D eigenvalue weighted by molar-refractivity contribution is 9.10. The molecule has 0 unspecified atom stereocenters. The first-order valence-corrected chi connectivity index (χ1v) is 12.5. The Bertz CT molecular complexity index is 1530. The average molecular weight is 570 g/mol. The van der Waals surface area contributed by atoms with Gasteiger partial charge in [-0.15, -0.1) is 6.58 Å². The molecular weight excluding hydrogens is 546 g/mol. The predicted molar refractivity (Wildman–Crippen MR) is 148 cm³/mol. The van der Waals surface area contributed by atoms with Crippen LogP contribution in [0.2, 0.25) is 0 Å². The van der Waals surface area contributed by atoms with E-state index < -0.39 is 17.8 Å². The topological polar surface area (TPSA) is 99.5 Å². The van der Waals surface area contributed by atoms with Gasteiger partial charge in [-0.25, -0.2) is 9.69 Å². The number of benzene rings is 3. The zero-order valence-corrected chi connectivity index (χ0v) is 22.5. The number of halogens is 1. The number of barbiturate groups is 1. The summed E-state index contributed by atoms with van der Waals surface area (Å²) in [6, 6.07) is 17.4. The highest BCUT2D eigenvalue weighted by Crippen LogP contribution is 2.34. The molecule has 1 fully saturated rings. The second-order valence-electron chi connectivity index (χ2n) is 8.85. The summed E-state index contributed by atoms with van der Waals surface area (Å²) < 4.78 is 6.68. The van der Waals surface area contributed by atoms with Crippen LogP contribution in [-0.4, -0.2) is 17.8 Å². The highest BCUT2D eigenvalue weighted by Gasteiger charge is 2.37. The number of hydrogen-bond donors (Lipinski definition) is 1. The summed E-state index contributed by atoms with van der Waals surface area (Å²) in [7, 11) is 0. The third-order valence-electron chi connectivity index (χ3n) is 5.89. The van der Waals surface area contributed by atoms with Gasteiger partial charge >= 0.3 is 6.03 Å². The first-order chi connectivity index (χ1) is 18.2. The molecule has 0 saturated carbocycles. The smallest absolute Gasteiger partial charge is 0.335 e. The first kappa shape index (κ1) is 26.6. The highest BCUT2D eigenvalue weighted by atomic mass is 79.9. The molecule has 0 spiro atoms. The summed E-state index contributed by atoms with van der Waals surface area (Å²) in [6.45, 7) is 7.73. The van der Waals surface area contributed by atoms with E-state index in [0.29, 0.717) is 33.5 Å². The number of nitrogens with one attached hydrogen (secondary N) is 1. The van der Waals surface area contributed by atoms with Crippen molar-refractivity contribution < 1.29 is 19.1 Å². The minimum atomic E-state index is -0.794. The molecule has 3 aromatic carbocycles. The van der Waals surface area contributed by atoms with Gasteiger partial charge in [0, 0.05) is 5.56 Å². The van der Waals surface area contributed by atoms with Gasteiger partial charge in [-0.05, 0) is 94.9 Å². The minimum Gasteiger partial charge on any atom is -0.487 e. The molecule has 0 aromatic heterocycles. The molecule has 0 bridgehead atoms. The molecule has 0 aliphatic carbocycles. The molecular formula is C30H24BrN3O4. The van der Waals surface area contributed by atoms with Crippen molar-refractivity contribution in [3.8, 4) is 11.8 Å². The lowest BCUT2D eigenvalue weighted by molar-refractivity contribution is -0.122. The van der Waals surface area contributed by atoms with E-state index in [-0.39, 0.29) is 12.2 Å². The Hall–Kier alpha value is -4.48. The summed E-state index contributed by atoms with van der Waals surface area (Å²) in [6.07, 6.45) is 3.62. The maximum Gasteiger partial charge on any atom is 0.335 e. The number of nitrogens with zero attached hydrogens (tertiary/aromatic N) is 2. The maximum absolute atomic E-state index is 13.4. The van der Waals surface area contributed by atoms with Crippen LogP contribution in [0, 0.1) is 25.2 Å². The summed E-state index contributed by atoms with van der Waals surface area (Å²) in [5, 5.41) is 11.6. The lowest BCUT2D eigenvalue weighted by Crippen LogP contribution is -2.54. The van der Waals surface area contributed by atoms with Gasteiger partial charge in [-0.1, -0.05) is 30.3 Å². The van der Waals surface area contributed by atoms with E-state index in [0.717, 1.165) is 27.2 Å². The van der Waals surface area contributed by atoms with Crippen molar-refractivity contribution in [3.05, 3.63) is 111 Å². The summed E-state index contributed by atoms with van der Waals surface area (Å²) in [4.78, 5) is 39.6. The van der Waals surface area contributed by atoms with Gasteiger partial charge in [-0.2, -0.15) is 5.26 Å². The fourth-order valence-electron chi connectivity index (χ4n) is 4.27. The molecule has 38 heavy (non-hydrogen) atoms. The Morgan fingerprint density at radius 2 is 1.76 bits per heavy atom. The molecule has 4 amide bonds. The third kappa shape index (κ3) is 5.58. The number of carbonyl (C=O) groups is 3. The monoisotopic (exact) mass is 569 g/mol. The fraction of sp³-hybridized carbons (Fsp3) is 0.133. The molecule has 3 aromatic rings. The van der Waals surface area contributed by atoms with Crippen molar-refractivity contribution in [1.82, 2.24) is 5.32 Å². The summed E-state index contributed by atoms with van der Waals surface area (Å²) in [5.74, 6) is -0.916. The molecule has 190 valence electrons. The number of aryl methyl sites for hydroxylation is 2. The molecule has 1 saturated heterocycles. The third-order valence-corrected chi connectivity index (χ3v) is 6.48. The van der Waals surface area contributed by atoms with Crippen LogP contribution in [0.1, 0.15) is 33.4 Å². The molecule has 1 heterocycles. The van der Waals surface area contributed by atoms with Crippen LogP contribution < -0.4 is 15.0 Å². The summed E-state index contributed by atoms with van der Waals surface area (Å²) >= 11 is 3.54. The number of nitriles is 1. The zero-order chi connectivity index (χ0) is 27.4. The number of rotatable bonds is 7. The normalized spacial score (nSPS) is 14.3. The SMILES string of the molecule is C=CCc1cc(/C=C2\C(=O)NC(=O)N(c3cc(C)cc(C)c3)C2=O)cc(Br)c1OCc1ccccc1C#N. The summed E-state index contributed by atoms with van der Waals surface area (Å²) in [5.41, 5.74) is 4.59. The van der Waals surface area contributed by atoms with Gasteiger partial charge in [-0.3, -0.25) is 14.9 Å². The Kier molecular flexibility index (Phi) is 7.89. The largest absolute Gasteiger partial charge is 0.487 e. The van der Waals surface area contributed by atoms with E-state index in [1.54, 1.807) is 42.5 Å². The van der Waals surface area contributed by atoms with Gasteiger partial charge in [0.15, 0.2) is 0 Å². The van der Waals surface area contributed by atoms with Crippen molar-refractivity contribution in [3.63, 3.8) is 0 Å². The minimum absolute atomic E-state index is 0.170. The molecule has 1 aliphatic heterocycles. The van der Waals surface area contributed by atoms with Crippen LogP contribution in [0.4, 0.5) is 10.5 Å². The number of allylic oxidation sites excluding steroid dienone is 1. The van der Waals surface area contributed by atoms with E-state index in [1.165, 1.54) is 6.08 Å². The van der Waals surface area contributed by atoms with Crippen molar-refractivity contribution in [1.29, 1.82) is 5.26 Å². The average Bonchev–Trinajstić information content (AvgIpc) is 2.86. The van der Waals surface area contributed by atoms with Crippen LogP contribution >= 0.6 is 15.9 Å². The van der Waals surface area contributed by atoms with Gasteiger partial charge in [0.2, 0.25) is 0 Å². The van der Waals surface area contributed by atoms with Crippen molar-refractivity contribution in [2.24, 2.45) is 0 Å². The molecule has 0 atom stereocenters.